The molecule has 1 aromatic carbocycles. The number of aromatic carboxylic acids is 1. The number of benzene rings is 1. The molecule has 0 aromatic heterocycles. The van der Waals surface area contributed by atoms with Crippen LogP contribution in [0.25, 0.3) is 0 Å². The number of carboxylic acids is 1. The molecule has 1 aromatic rings. The Labute approximate surface area is 108 Å². The number of aliphatic hydroxyl groups excluding tert-OH is 1. The van der Waals surface area contributed by atoms with Gasteiger partial charge in [-0.1, -0.05) is 26.8 Å². The summed E-state index contributed by atoms with van der Waals surface area (Å²) in [5.74, 6) is -0.370. The second kappa shape index (κ2) is 9.48. The first-order valence-corrected chi connectivity index (χ1v) is 6.29. The van der Waals surface area contributed by atoms with Crippen molar-refractivity contribution in [2.45, 2.75) is 33.6 Å². The summed E-state index contributed by atoms with van der Waals surface area (Å²) >= 11 is 0. The van der Waals surface area contributed by atoms with E-state index in [0.717, 1.165) is 12.0 Å². The second-order valence-electron chi connectivity index (χ2n) is 3.41. The first-order valence-electron chi connectivity index (χ1n) is 6.29. The normalized spacial score (nSPS) is 9.33. The third kappa shape index (κ3) is 5.19. The van der Waals surface area contributed by atoms with Crippen LogP contribution >= 0.6 is 0 Å². The second-order valence-corrected chi connectivity index (χ2v) is 3.41. The molecule has 0 fully saturated rings. The maximum atomic E-state index is 10.8. The molecule has 0 unspecified atom stereocenters. The van der Waals surface area contributed by atoms with E-state index >= 15 is 0 Å². The van der Waals surface area contributed by atoms with Gasteiger partial charge in [-0.3, -0.25) is 0 Å². The molecular formula is C14H22O4. The van der Waals surface area contributed by atoms with Crippen molar-refractivity contribution in [2.24, 2.45) is 0 Å². The molecule has 4 nitrogen and oxygen atoms in total. The van der Waals surface area contributed by atoms with Crippen molar-refractivity contribution in [1.82, 2.24) is 0 Å². The molecule has 0 heterocycles. The van der Waals surface area contributed by atoms with Gasteiger partial charge in [0.25, 0.3) is 0 Å². The van der Waals surface area contributed by atoms with Crippen LogP contribution in [0.5, 0.6) is 5.75 Å². The number of ether oxygens (including phenoxy) is 1. The van der Waals surface area contributed by atoms with E-state index < -0.39 is 5.97 Å². The predicted octanol–water partition coefficient (Wildman–Crippen LogP) is 2.73. The quantitative estimate of drug-likeness (QED) is 0.766. The number of carboxylic acid groups (broad SMARTS) is 1. The zero-order valence-corrected chi connectivity index (χ0v) is 11.3. The van der Waals surface area contributed by atoms with Crippen LogP contribution in [0.3, 0.4) is 0 Å². The first kappa shape index (κ1) is 16.4. The molecule has 1 rings (SSSR count). The molecule has 0 aliphatic rings. The minimum absolute atomic E-state index is 0.0695. The van der Waals surface area contributed by atoms with Crippen LogP contribution in [-0.4, -0.2) is 29.4 Å². The topological polar surface area (TPSA) is 66.8 Å². The fourth-order valence-electron chi connectivity index (χ4n) is 1.36. The van der Waals surface area contributed by atoms with Gasteiger partial charge in [-0.25, -0.2) is 4.79 Å². The molecular weight excluding hydrogens is 232 g/mol. The van der Waals surface area contributed by atoms with Gasteiger partial charge in [-0.2, -0.15) is 0 Å². The number of aryl methyl sites for hydroxylation is 1. The Morgan fingerprint density at radius 3 is 2.50 bits per heavy atom. The Morgan fingerprint density at radius 2 is 2.00 bits per heavy atom. The Hall–Kier alpha value is -1.55. The van der Waals surface area contributed by atoms with Gasteiger partial charge in [0.15, 0.2) is 0 Å². The van der Waals surface area contributed by atoms with Gasteiger partial charge in [0, 0.05) is 13.0 Å². The van der Waals surface area contributed by atoms with Gasteiger partial charge in [0.2, 0.25) is 0 Å². The highest BCUT2D eigenvalue weighted by Crippen LogP contribution is 2.21. The Balaban J connectivity index is 0.00000137. The molecule has 4 heteroatoms. The lowest BCUT2D eigenvalue weighted by atomic mass is 10.1. The summed E-state index contributed by atoms with van der Waals surface area (Å²) < 4.78 is 5.44. The summed E-state index contributed by atoms with van der Waals surface area (Å²) in [5, 5.41) is 17.5. The zero-order valence-electron chi connectivity index (χ0n) is 11.3. The van der Waals surface area contributed by atoms with Crippen molar-refractivity contribution in [1.29, 1.82) is 0 Å². The number of hydrogen-bond donors (Lipinski definition) is 2. The summed E-state index contributed by atoms with van der Waals surface area (Å²) in [6.45, 7) is 6.45. The Bertz CT molecular complexity index is 361. The summed E-state index contributed by atoms with van der Waals surface area (Å²) in [6, 6.07) is 4.86. The molecule has 0 bridgehead atoms. The monoisotopic (exact) mass is 254 g/mol. The maximum absolute atomic E-state index is 10.8. The number of aliphatic hydroxyl groups is 1. The Kier molecular flexibility index (Phi) is 8.66. The lowest BCUT2D eigenvalue weighted by Crippen LogP contribution is -2.04. The van der Waals surface area contributed by atoms with E-state index in [-0.39, 0.29) is 12.2 Å². The lowest BCUT2D eigenvalue weighted by molar-refractivity contribution is 0.0696. The molecule has 18 heavy (non-hydrogen) atoms. The fraction of sp³-hybridized carbons (Fsp3) is 0.500. The summed E-state index contributed by atoms with van der Waals surface area (Å²) in [6.07, 6.45) is 1.33. The SMILES string of the molecule is CC.CCc1ccc(C(=O)O)cc1OCCCO. The van der Waals surface area contributed by atoms with E-state index in [1.165, 1.54) is 6.07 Å². The minimum Gasteiger partial charge on any atom is -0.493 e. The zero-order chi connectivity index (χ0) is 14.0. The highest BCUT2D eigenvalue weighted by molar-refractivity contribution is 5.88. The molecule has 0 saturated carbocycles. The summed E-state index contributed by atoms with van der Waals surface area (Å²) in [4.78, 5) is 10.8. The summed E-state index contributed by atoms with van der Waals surface area (Å²) in [7, 11) is 0. The van der Waals surface area contributed by atoms with Crippen molar-refractivity contribution >= 4 is 5.97 Å². The fourth-order valence-corrected chi connectivity index (χ4v) is 1.36. The molecule has 2 N–H and O–H groups in total. The van der Waals surface area contributed by atoms with Crippen LogP contribution in [-0.2, 0) is 6.42 Å². The summed E-state index contributed by atoms with van der Waals surface area (Å²) in [5.41, 5.74) is 1.19. The van der Waals surface area contributed by atoms with Crippen molar-refractivity contribution in [2.75, 3.05) is 13.2 Å². The van der Waals surface area contributed by atoms with Gasteiger partial charge in [-0.15, -0.1) is 0 Å². The maximum Gasteiger partial charge on any atom is 0.335 e. The Morgan fingerprint density at radius 1 is 1.33 bits per heavy atom. The molecule has 0 amide bonds. The standard InChI is InChI=1S/C12H16O4.C2H6/c1-2-9-4-5-10(12(14)15)8-11(9)16-7-3-6-13;1-2/h4-5,8,13H,2-3,6-7H2,1H3,(H,14,15);1-2H3. The number of hydrogen-bond acceptors (Lipinski definition) is 3. The van der Waals surface area contributed by atoms with E-state index in [4.69, 9.17) is 14.9 Å². The number of carbonyl (C=O) groups is 1. The van der Waals surface area contributed by atoms with Crippen LogP contribution in [0.1, 0.15) is 43.1 Å². The molecule has 102 valence electrons. The van der Waals surface area contributed by atoms with Crippen LogP contribution in [0.2, 0.25) is 0 Å². The van der Waals surface area contributed by atoms with Crippen LogP contribution < -0.4 is 4.74 Å². The van der Waals surface area contributed by atoms with Crippen molar-refractivity contribution in [3.05, 3.63) is 29.3 Å². The third-order valence-corrected chi connectivity index (χ3v) is 2.26. The lowest BCUT2D eigenvalue weighted by Gasteiger charge is -2.10. The molecule has 0 atom stereocenters. The van der Waals surface area contributed by atoms with Crippen molar-refractivity contribution < 1.29 is 19.7 Å². The molecule has 0 radical (unpaired) electrons. The smallest absolute Gasteiger partial charge is 0.335 e. The van der Waals surface area contributed by atoms with Crippen LogP contribution in [0, 0.1) is 0 Å². The number of rotatable bonds is 6. The van der Waals surface area contributed by atoms with E-state index in [1.807, 2.05) is 20.8 Å². The third-order valence-electron chi connectivity index (χ3n) is 2.26. The molecule has 0 aliphatic carbocycles. The van der Waals surface area contributed by atoms with E-state index in [1.54, 1.807) is 12.1 Å². The average molecular weight is 254 g/mol. The molecule has 0 saturated heterocycles. The largest absolute Gasteiger partial charge is 0.493 e. The van der Waals surface area contributed by atoms with E-state index in [2.05, 4.69) is 0 Å². The van der Waals surface area contributed by atoms with Crippen LogP contribution in [0.15, 0.2) is 18.2 Å². The van der Waals surface area contributed by atoms with Crippen molar-refractivity contribution in [3.63, 3.8) is 0 Å². The van der Waals surface area contributed by atoms with Gasteiger partial charge >= 0.3 is 5.97 Å². The minimum atomic E-state index is -0.963. The molecule has 0 aliphatic heterocycles. The first-order chi connectivity index (χ1) is 8.69. The van der Waals surface area contributed by atoms with E-state index in [0.29, 0.717) is 18.8 Å². The van der Waals surface area contributed by atoms with Gasteiger partial charge < -0.3 is 14.9 Å². The predicted molar refractivity (Wildman–Crippen MR) is 71.3 cm³/mol. The average Bonchev–Trinajstić information content (AvgIpc) is 2.41. The van der Waals surface area contributed by atoms with Gasteiger partial charge in [0.05, 0.1) is 12.2 Å². The van der Waals surface area contributed by atoms with Gasteiger partial charge in [-0.05, 0) is 24.1 Å². The highest BCUT2D eigenvalue weighted by atomic mass is 16.5. The van der Waals surface area contributed by atoms with Crippen molar-refractivity contribution in [3.8, 4) is 5.75 Å². The highest BCUT2D eigenvalue weighted by Gasteiger charge is 2.08. The van der Waals surface area contributed by atoms with E-state index in [9.17, 15) is 4.79 Å². The molecule has 0 spiro atoms. The van der Waals surface area contributed by atoms with Crippen LogP contribution in [0.4, 0.5) is 0 Å². The van der Waals surface area contributed by atoms with Gasteiger partial charge in [0.1, 0.15) is 5.75 Å².